The molecule has 0 aromatic heterocycles. The van der Waals surface area contributed by atoms with E-state index in [9.17, 15) is 5.11 Å². The van der Waals surface area contributed by atoms with Crippen LogP contribution in [0.3, 0.4) is 0 Å². The first-order valence-corrected chi connectivity index (χ1v) is 12.4. The van der Waals surface area contributed by atoms with Gasteiger partial charge in [-0.2, -0.15) is 0 Å². The highest BCUT2D eigenvalue weighted by atomic mass is 16.3. The normalized spacial score (nSPS) is 42.2. The molecular formula is C28H44O. The third kappa shape index (κ3) is 3.31. The largest absolute Gasteiger partial charge is 0.392 e. The van der Waals surface area contributed by atoms with Gasteiger partial charge in [0.05, 0.1) is 6.10 Å². The molecule has 1 N–H and O–H groups in total. The monoisotopic (exact) mass is 396 g/mol. The molecule has 29 heavy (non-hydrogen) atoms. The zero-order chi connectivity index (χ0) is 21.0. The molecule has 1 heteroatoms. The molecule has 0 aliphatic heterocycles. The Morgan fingerprint density at radius 3 is 2.55 bits per heavy atom. The molecule has 4 aliphatic carbocycles. The quantitative estimate of drug-likeness (QED) is 0.484. The summed E-state index contributed by atoms with van der Waals surface area (Å²) in [5, 5.41) is 11.0. The predicted octanol–water partition coefficient (Wildman–Crippen LogP) is 7.62. The minimum absolute atomic E-state index is 0.00786. The molecule has 4 aliphatic rings. The molecule has 3 saturated carbocycles. The fraction of sp³-hybridized carbons (Fsp3) is 0.786. The van der Waals surface area contributed by atoms with Crippen molar-refractivity contribution in [3.63, 3.8) is 0 Å². The first kappa shape index (κ1) is 21.4. The topological polar surface area (TPSA) is 20.2 Å². The Morgan fingerprint density at radius 2 is 1.83 bits per heavy atom. The van der Waals surface area contributed by atoms with E-state index in [4.69, 9.17) is 0 Å². The first-order valence-electron chi connectivity index (χ1n) is 12.4. The summed E-state index contributed by atoms with van der Waals surface area (Å²) in [6.07, 6.45) is 16.1. The van der Waals surface area contributed by atoms with Crippen LogP contribution in [0.25, 0.3) is 0 Å². The Bertz CT molecular complexity index is 735. The molecular weight excluding hydrogens is 352 g/mol. The molecule has 7 atom stereocenters. The van der Waals surface area contributed by atoms with E-state index in [1.807, 2.05) is 0 Å². The van der Waals surface area contributed by atoms with Crippen LogP contribution >= 0.6 is 0 Å². The summed E-state index contributed by atoms with van der Waals surface area (Å²) in [5.74, 6) is 2.98. The Labute approximate surface area is 179 Å². The van der Waals surface area contributed by atoms with Gasteiger partial charge in [-0.15, -0.1) is 0 Å². The Kier molecular flexibility index (Phi) is 5.69. The van der Waals surface area contributed by atoms with Gasteiger partial charge in [0.2, 0.25) is 0 Å². The van der Waals surface area contributed by atoms with E-state index >= 15 is 0 Å². The number of rotatable bonds is 4. The van der Waals surface area contributed by atoms with Gasteiger partial charge in [0.15, 0.2) is 0 Å². The molecule has 0 aromatic rings. The lowest BCUT2D eigenvalue weighted by Gasteiger charge is -2.56. The van der Waals surface area contributed by atoms with Crippen molar-refractivity contribution in [2.45, 2.75) is 105 Å². The van der Waals surface area contributed by atoms with Crippen LogP contribution in [0.1, 0.15) is 99.3 Å². The zero-order valence-electron chi connectivity index (χ0n) is 19.9. The van der Waals surface area contributed by atoms with E-state index in [1.165, 1.54) is 56.1 Å². The van der Waals surface area contributed by atoms with Crippen molar-refractivity contribution >= 4 is 0 Å². The van der Waals surface area contributed by atoms with Gasteiger partial charge in [0.25, 0.3) is 0 Å². The summed E-state index contributed by atoms with van der Waals surface area (Å²) >= 11 is 0. The van der Waals surface area contributed by atoms with Crippen LogP contribution < -0.4 is 0 Å². The zero-order valence-corrected chi connectivity index (χ0v) is 19.9. The van der Waals surface area contributed by atoms with Crippen LogP contribution in [0, 0.1) is 34.5 Å². The second-order valence-electron chi connectivity index (χ2n) is 11.7. The summed E-state index contributed by atoms with van der Waals surface area (Å²) in [4.78, 5) is 0. The highest BCUT2D eigenvalue weighted by Crippen LogP contribution is 2.66. The summed E-state index contributed by atoms with van der Waals surface area (Å²) in [6.45, 7) is 14.4. The lowest BCUT2D eigenvalue weighted by molar-refractivity contribution is -0.0245. The second-order valence-corrected chi connectivity index (χ2v) is 11.7. The molecule has 0 saturated heterocycles. The Balaban J connectivity index is 1.56. The van der Waals surface area contributed by atoms with Crippen LogP contribution in [0.2, 0.25) is 0 Å². The average Bonchev–Trinajstić information content (AvgIpc) is 3.04. The van der Waals surface area contributed by atoms with Gasteiger partial charge in [-0.1, -0.05) is 55.2 Å². The van der Waals surface area contributed by atoms with E-state index in [0.717, 1.165) is 30.6 Å². The van der Waals surface area contributed by atoms with E-state index in [0.29, 0.717) is 11.3 Å². The number of allylic oxidation sites excluding steroid dienone is 5. The smallest absolute Gasteiger partial charge is 0.0636 e. The summed E-state index contributed by atoms with van der Waals surface area (Å²) < 4.78 is 0. The third-order valence-corrected chi connectivity index (χ3v) is 10.2. The maximum absolute atomic E-state index is 11.0. The van der Waals surface area contributed by atoms with Crippen LogP contribution in [-0.4, -0.2) is 11.2 Å². The van der Waals surface area contributed by atoms with Crippen LogP contribution in [0.15, 0.2) is 34.4 Å². The summed E-state index contributed by atoms with van der Waals surface area (Å²) in [6, 6.07) is 0. The molecule has 0 bridgehead atoms. The van der Waals surface area contributed by atoms with Crippen molar-refractivity contribution in [3.8, 4) is 0 Å². The van der Waals surface area contributed by atoms with Gasteiger partial charge in [0, 0.05) is 5.41 Å². The maximum Gasteiger partial charge on any atom is 0.0636 e. The number of fused-ring (bicyclic) bond motifs is 5. The number of aliphatic hydroxyl groups excluding tert-OH is 1. The van der Waals surface area contributed by atoms with Crippen LogP contribution in [-0.2, 0) is 0 Å². The van der Waals surface area contributed by atoms with Gasteiger partial charge in [-0.25, -0.2) is 0 Å². The van der Waals surface area contributed by atoms with Crippen LogP contribution in [0.4, 0.5) is 0 Å². The van der Waals surface area contributed by atoms with E-state index in [1.54, 1.807) is 11.1 Å². The standard InChI is InChI=1S/C28H44O/c1-18(2)19(3)10-11-20(4)23-14-15-24-22-13-12-21-8-7-9-26(29)28(21,6)25(22)16-17-27(23,24)5/h12-13,20,23-26,29H,7-11,14-17H2,1-6H3/t20-,23-,24+,25+,26?,27-,28+/m1/s1. The van der Waals surface area contributed by atoms with E-state index < -0.39 is 0 Å². The average molecular weight is 397 g/mol. The highest BCUT2D eigenvalue weighted by molar-refractivity contribution is 5.39. The second kappa shape index (κ2) is 7.70. The minimum Gasteiger partial charge on any atom is -0.392 e. The molecule has 0 aromatic carbocycles. The number of hydrogen-bond donors (Lipinski definition) is 1. The fourth-order valence-electron chi connectivity index (χ4n) is 7.93. The van der Waals surface area contributed by atoms with Gasteiger partial charge < -0.3 is 5.11 Å². The molecule has 3 fully saturated rings. The van der Waals surface area contributed by atoms with Gasteiger partial charge in [-0.05, 0) is 108 Å². The van der Waals surface area contributed by atoms with Gasteiger partial charge >= 0.3 is 0 Å². The van der Waals surface area contributed by atoms with Gasteiger partial charge in [-0.3, -0.25) is 0 Å². The van der Waals surface area contributed by atoms with Crippen LogP contribution in [0.5, 0.6) is 0 Å². The highest BCUT2D eigenvalue weighted by Gasteiger charge is 2.58. The molecule has 0 heterocycles. The van der Waals surface area contributed by atoms with Crippen molar-refractivity contribution in [2.24, 2.45) is 34.5 Å². The minimum atomic E-state index is -0.149. The maximum atomic E-state index is 11.0. The molecule has 0 amide bonds. The molecule has 4 rings (SSSR count). The van der Waals surface area contributed by atoms with Crippen molar-refractivity contribution in [2.75, 3.05) is 0 Å². The summed E-state index contributed by atoms with van der Waals surface area (Å²) in [7, 11) is 0. The Morgan fingerprint density at radius 1 is 1.07 bits per heavy atom. The Hall–Kier alpha value is -0.820. The number of aliphatic hydroxyl groups is 1. The van der Waals surface area contributed by atoms with E-state index in [2.05, 4.69) is 53.7 Å². The lowest BCUT2D eigenvalue weighted by atomic mass is 9.49. The van der Waals surface area contributed by atoms with Crippen molar-refractivity contribution < 1.29 is 5.11 Å². The van der Waals surface area contributed by atoms with Crippen molar-refractivity contribution in [1.82, 2.24) is 0 Å². The van der Waals surface area contributed by atoms with E-state index in [-0.39, 0.29) is 11.5 Å². The molecule has 0 radical (unpaired) electrons. The first-order chi connectivity index (χ1) is 13.7. The third-order valence-electron chi connectivity index (χ3n) is 10.2. The lowest BCUT2D eigenvalue weighted by Crippen LogP contribution is -2.50. The number of hydrogen-bond acceptors (Lipinski definition) is 1. The fourth-order valence-corrected chi connectivity index (χ4v) is 7.93. The molecule has 1 nitrogen and oxygen atoms in total. The predicted molar refractivity (Wildman–Crippen MR) is 124 cm³/mol. The SMILES string of the molecule is CC(C)=C(C)CC[C@@H](C)[C@H]1CC[C@H]2C3=CC=C4CCCC(O)[C@]4(C)[C@H]3CC[C@]12C. The molecule has 1 unspecified atom stereocenters. The van der Waals surface area contributed by atoms with Crippen molar-refractivity contribution in [3.05, 3.63) is 34.4 Å². The summed E-state index contributed by atoms with van der Waals surface area (Å²) in [5.41, 5.74) is 6.81. The van der Waals surface area contributed by atoms with Crippen molar-refractivity contribution in [1.29, 1.82) is 0 Å². The molecule has 0 spiro atoms. The van der Waals surface area contributed by atoms with Gasteiger partial charge in [0.1, 0.15) is 0 Å². The molecule has 162 valence electrons.